The second-order valence-electron chi connectivity index (χ2n) is 9.58. The summed E-state index contributed by atoms with van der Waals surface area (Å²) in [6, 6.07) is 15.4. The highest BCUT2D eigenvalue weighted by Gasteiger charge is 2.36. The number of nitrogens with zero attached hydrogens (tertiary/aromatic N) is 2. The van der Waals surface area contributed by atoms with Crippen LogP contribution in [0.2, 0.25) is 5.02 Å². The van der Waals surface area contributed by atoms with Gasteiger partial charge < -0.3 is 10.2 Å². The molecule has 7 nitrogen and oxygen atoms in total. The summed E-state index contributed by atoms with van der Waals surface area (Å²) in [5, 5.41) is 2.12. The second-order valence-corrected chi connectivity index (χ2v) is 11.9. The number of halogens is 5. The Labute approximate surface area is 247 Å². The summed E-state index contributed by atoms with van der Waals surface area (Å²) in [4.78, 5) is 28.5. The fraction of sp³-hybridized carbons (Fsp3) is 0.310. The predicted octanol–water partition coefficient (Wildman–Crippen LogP) is 5.43. The highest BCUT2D eigenvalue weighted by atomic mass is 35.5. The van der Waals surface area contributed by atoms with Crippen molar-refractivity contribution >= 4 is 39.1 Å². The Morgan fingerprint density at radius 3 is 2.19 bits per heavy atom. The summed E-state index contributed by atoms with van der Waals surface area (Å²) in [5.74, 6) is -1.89. The maximum Gasteiger partial charge on any atom is 0.417 e. The van der Waals surface area contributed by atoms with Gasteiger partial charge in [0.15, 0.2) is 0 Å². The Morgan fingerprint density at radius 1 is 0.976 bits per heavy atom. The van der Waals surface area contributed by atoms with Crippen molar-refractivity contribution in [1.29, 1.82) is 0 Å². The zero-order valence-corrected chi connectivity index (χ0v) is 24.4. The Balaban J connectivity index is 2.08. The van der Waals surface area contributed by atoms with Gasteiger partial charge >= 0.3 is 6.18 Å². The van der Waals surface area contributed by atoms with Gasteiger partial charge in [0.1, 0.15) is 18.4 Å². The van der Waals surface area contributed by atoms with Crippen LogP contribution in [0.25, 0.3) is 0 Å². The van der Waals surface area contributed by atoms with E-state index in [9.17, 15) is 35.6 Å². The molecule has 0 radical (unpaired) electrons. The Morgan fingerprint density at radius 2 is 1.62 bits per heavy atom. The monoisotopic (exact) mass is 627 g/mol. The van der Waals surface area contributed by atoms with Crippen LogP contribution in [0, 0.1) is 5.82 Å². The first-order valence-electron chi connectivity index (χ1n) is 12.9. The number of carbonyl (C=O) groups excluding carboxylic acids is 2. The van der Waals surface area contributed by atoms with Crippen molar-refractivity contribution in [3.8, 4) is 0 Å². The summed E-state index contributed by atoms with van der Waals surface area (Å²) in [6.07, 6.45) is -3.47. The average molecular weight is 628 g/mol. The number of anilines is 1. The minimum atomic E-state index is -4.88. The van der Waals surface area contributed by atoms with Gasteiger partial charge in [-0.1, -0.05) is 61.0 Å². The molecule has 3 aromatic rings. The van der Waals surface area contributed by atoms with E-state index in [1.807, 2.05) is 6.92 Å². The molecule has 3 aromatic carbocycles. The molecule has 226 valence electrons. The Kier molecular flexibility index (Phi) is 11.0. The van der Waals surface area contributed by atoms with E-state index in [0.29, 0.717) is 34.5 Å². The fourth-order valence-electron chi connectivity index (χ4n) is 4.21. The number of hydrogen-bond donors (Lipinski definition) is 1. The minimum Gasteiger partial charge on any atom is -0.354 e. The van der Waals surface area contributed by atoms with E-state index < -0.39 is 62.7 Å². The fourth-order valence-corrected chi connectivity index (χ4v) is 5.27. The first-order chi connectivity index (χ1) is 19.7. The first kappa shape index (κ1) is 32.9. The van der Waals surface area contributed by atoms with E-state index in [1.54, 1.807) is 30.3 Å². The number of sulfonamides is 1. The third-order valence-electron chi connectivity index (χ3n) is 6.31. The van der Waals surface area contributed by atoms with Crippen LogP contribution in [0.5, 0.6) is 0 Å². The number of amides is 2. The van der Waals surface area contributed by atoms with Crippen LogP contribution >= 0.6 is 11.6 Å². The van der Waals surface area contributed by atoms with Gasteiger partial charge in [-0.2, -0.15) is 13.2 Å². The summed E-state index contributed by atoms with van der Waals surface area (Å²) in [7, 11) is -4.29. The number of hydrogen-bond acceptors (Lipinski definition) is 4. The van der Waals surface area contributed by atoms with Gasteiger partial charge in [-0.05, 0) is 47.9 Å². The lowest BCUT2D eigenvalue weighted by atomic mass is 10.0. The SMILES string of the molecule is CCCNC(=O)C(Cc1ccccc1)N(Cc1ccc(F)cc1)C(=O)CN(c1ccc(Cl)c(C(F)(F)F)c1)S(C)(=O)=O. The molecule has 0 aliphatic heterocycles. The van der Waals surface area contributed by atoms with E-state index in [1.165, 1.54) is 24.3 Å². The molecule has 0 heterocycles. The third-order valence-corrected chi connectivity index (χ3v) is 7.78. The van der Waals surface area contributed by atoms with E-state index >= 15 is 0 Å². The van der Waals surface area contributed by atoms with Gasteiger partial charge in [0.25, 0.3) is 0 Å². The molecular formula is C29H30ClF4N3O4S. The molecule has 2 amide bonds. The highest BCUT2D eigenvalue weighted by Crippen LogP contribution is 2.37. The first-order valence-corrected chi connectivity index (χ1v) is 15.1. The standard InChI is InChI=1S/C29H30ClF4N3O4S/c1-3-15-35-28(39)26(16-20-7-5-4-6-8-20)36(18-21-9-11-22(31)12-10-21)27(38)19-37(42(2,40)41)23-13-14-25(30)24(17-23)29(32,33)34/h4-14,17,26H,3,15-16,18-19H2,1-2H3,(H,35,39). The summed E-state index contributed by atoms with van der Waals surface area (Å²) in [5.41, 5.74) is -0.549. The van der Waals surface area contributed by atoms with Crippen molar-refractivity contribution in [3.05, 3.63) is 100 Å². The molecule has 0 aliphatic rings. The lowest BCUT2D eigenvalue weighted by molar-refractivity contribution is -0.140. The quantitative estimate of drug-likeness (QED) is 0.271. The molecule has 0 saturated carbocycles. The number of alkyl halides is 3. The van der Waals surface area contributed by atoms with E-state index in [2.05, 4.69) is 5.32 Å². The largest absolute Gasteiger partial charge is 0.417 e. The number of benzene rings is 3. The zero-order chi connectivity index (χ0) is 31.1. The number of rotatable bonds is 12. The predicted molar refractivity (Wildman–Crippen MR) is 153 cm³/mol. The van der Waals surface area contributed by atoms with Crippen LogP contribution < -0.4 is 9.62 Å². The maximum atomic E-state index is 13.9. The van der Waals surface area contributed by atoms with Gasteiger partial charge in [-0.15, -0.1) is 0 Å². The molecule has 13 heteroatoms. The molecule has 0 bridgehead atoms. The summed E-state index contributed by atoms with van der Waals surface area (Å²) < 4.78 is 80.4. The van der Waals surface area contributed by atoms with Crippen molar-refractivity contribution in [1.82, 2.24) is 10.2 Å². The van der Waals surface area contributed by atoms with Crippen LogP contribution in [0.3, 0.4) is 0 Å². The van der Waals surface area contributed by atoms with E-state index in [4.69, 9.17) is 11.6 Å². The zero-order valence-electron chi connectivity index (χ0n) is 22.9. The van der Waals surface area contributed by atoms with Crippen molar-refractivity contribution in [2.75, 3.05) is 23.7 Å². The molecular weight excluding hydrogens is 598 g/mol. The van der Waals surface area contributed by atoms with Gasteiger partial charge in [0, 0.05) is 19.5 Å². The van der Waals surface area contributed by atoms with E-state index in [-0.39, 0.29) is 13.0 Å². The molecule has 1 unspecified atom stereocenters. The molecule has 3 rings (SSSR count). The average Bonchev–Trinajstić information content (AvgIpc) is 2.93. The third kappa shape index (κ3) is 8.93. The minimum absolute atomic E-state index is 0.0569. The lowest BCUT2D eigenvalue weighted by Crippen LogP contribution is -2.53. The molecule has 42 heavy (non-hydrogen) atoms. The Bertz CT molecular complexity index is 1490. The molecule has 0 aliphatic carbocycles. The topological polar surface area (TPSA) is 86.8 Å². The molecule has 0 spiro atoms. The van der Waals surface area contributed by atoms with Crippen molar-refractivity contribution in [2.24, 2.45) is 0 Å². The van der Waals surface area contributed by atoms with Crippen molar-refractivity contribution < 1.29 is 35.6 Å². The molecule has 0 aromatic heterocycles. The number of carbonyl (C=O) groups is 2. The van der Waals surface area contributed by atoms with Gasteiger partial charge in [0.05, 0.1) is 22.5 Å². The van der Waals surface area contributed by atoms with Gasteiger partial charge in [-0.3, -0.25) is 13.9 Å². The summed E-state index contributed by atoms with van der Waals surface area (Å²) >= 11 is 5.72. The smallest absolute Gasteiger partial charge is 0.354 e. The van der Waals surface area contributed by atoms with E-state index in [0.717, 1.165) is 23.3 Å². The lowest BCUT2D eigenvalue weighted by Gasteiger charge is -2.33. The molecule has 1 N–H and O–H groups in total. The van der Waals surface area contributed by atoms with Crippen LogP contribution in [0.15, 0.2) is 72.8 Å². The van der Waals surface area contributed by atoms with Crippen LogP contribution in [-0.2, 0) is 38.8 Å². The van der Waals surface area contributed by atoms with Crippen LogP contribution in [0.1, 0.15) is 30.0 Å². The van der Waals surface area contributed by atoms with Crippen LogP contribution in [0.4, 0.5) is 23.2 Å². The van der Waals surface area contributed by atoms with Crippen molar-refractivity contribution in [3.63, 3.8) is 0 Å². The molecule has 0 saturated heterocycles. The summed E-state index contributed by atoms with van der Waals surface area (Å²) in [6.45, 7) is 1.04. The maximum absolute atomic E-state index is 13.9. The molecule has 1 atom stereocenters. The second kappa shape index (κ2) is 14.0. The van der Waals surface area contributed by atoms with Crippen LogP contribution in [-0.4, -0.2) is 50.5 Å². The van der Waals surface area contributed by atoms with Gasteiger partial charge in [-0.25, -0.2) is 12.8 Å². The number of nitrogens with one attached hydrogen (secondary N) is 1. The Hall–Kier alpha value is -3.64. The van der Waals surface area contributed by atoms with Crippen molar-refractivity contribution in [2.45, 2.75) is 38.5 Å². The normalized spacial score (nSPS) is 12.5. The van der Waals surface area contributed by atoms with Gasteiger partial charge in [0.2, 0.25) is 21.8 Å². The highest BCUT2D eigenvalue weighted by molar-refractivity contribution is 7.92. The molecule has 0 fully saturated rings.